The molecule has 0 saturated heterocycles. The van der Waals surface area contributed by atoms with E-state index >= 15 is 0 Å². The number of aromatic nitrogens is 3. The van der Waals surface area contributed by atoms with Gasteiger partial charge in [0, 0.05) is 29.9 Å². The van der Waals surface area contributed by atoms with Crippen molar-refractivity contribution < 1.29 is 9.90 Å². The Morgan fingerprint density at radius 2 is 2.15 bits per heavy atom. The number of H-pyrrole nitrogens is 1. The van der Waals surface area contributed by atoms with Crippen LogP contribution in [0.4, 0.5) is 0 Å². The van der Waals surface area contributed by atoms with Crippen LogP contribution in [0.3, 0.4) is 0 Å². The molecule has 6 nitrogen and oxygen atoms in total. The summed E-state index contributed by atoms with van der Waals surface area (Å²) in [4.78, 5) is 16.4. The average molecular weight is 352 g/mol. The Kier molecular flexibility index (Phi) is 4.07. The third-order valence-corrected chi connectivity index (χ3v) is 5.58. The van der Waals surface area contributed by atoms with Gasteiger partial charge in [-0.3, -0.25) is 9.48 Å². The van der Waals surface area contributed by atoms with Crippen molar-refractivity contribution in [3.05, 3.63) is 53.0 Å². The summed E-state index contributed by atoms with van der Waals surface area (Å²) < 4.78 is 1.74. The van der Waals surface area contributed by atoms with E-state index in [0.29, 0.717) is 18.4 Å². The van der Waals surface area contributed by atoms with Crippen LogP contribution in [0, 0.1) is 19.8 Å². The highest BCUT2D eigenvalue weighted by Gasteiger charge is 2.36. The van der Waals surface area contributed by atoms with Crippen molar-refractivity contribution in [3.63, 3.8) is 0 Å². The van der Waals surface area contributed by atoms with Crippen LogP contribution in [-0.2, 0) is 7.05 Å². The first kappa shape index (κ1) is 16.8. The monoisotopic (exact) mass is 352 g/mol. The summed E-state index contributed by atoms with van der Waals surface area (Å²) in [6.45, 7) is 4.08. The van der Waals surface area contributed by atoms with E-state index in [4.69, 9.17) is 0 Å². The molecule has 1 aliphatic rings. The van der Waals surface area contributed by atoms with Crippen LogP contribution >= 0.6 is 0 Å². The molecule has 136 valence electrons. The number of hydrogen-bond acceptors (Lipinski definition) is 3. The molecule has 0 spiro atoms. The maximum absolute atomic E-state index is 13.1. The lowest BCUT2D eigenvalue weighted by atomic mass is 9.75. The van der Waals surface area contributed by atoms with Gasteiger partial charge in [-0.05, 0) is 44.2 Å². The number of aliphatic hydroxyl groups is 1. The van der Waals surface area contributed by atoms with E-state index in [-0.39, 0.29) is 24.0 Å². The third kappa shape index (κ3) is 2.80. The van der Waals surface area contributed by atoms with Crippen LogP contribution in [-0.4, -0.2) is 31.9 Å². The van der Waals surface area contributed by atoms with E-state index in [0.717, 1.165) is 22.2 Å². The standard InChI is InChI=1S/C20H24N4O2/c1-11-12(2)22-19-16(11)5-4-6-17(19)20(26)23-18(13-7-15(25)8-13)14-9-21-24(3)10-14/h4-6,9-10,13,15,18,22,25H,7-8H2,1-3H3,(H,23,26). The molecule has 1 aliphatic carbocycles. The number of aliphatic hydroxyl groups excluding tert-OH is 1. The van der Waals surface area contributed by atoms with E-state index in [9.17, 15) is 9.90 Å². The second-order valence-corrected chi connectivity index (χ2v) is 7.39. The number of aromatic amines is 1. The molecule has 3 N–H and O–H groups in total. The normalized spacial score (nSPS) is 20.8. The van der Waals surface area contributed by atoms with Crippen molar-refractivity contribution in [1.29, 1.82) is 0 Å². The van der Waals surface area contributed by atoms with Gasteiger partial charge < -0.3 is 15.4 Å². The highest BCUT2D eigenvalue weighted by Crippen LogP contribution is 2.38. The van der Waals surface area contributed by atoms with E-state index in [1.54, 1.807) is 10.9 Å². The Labute approximate surface area is 152 Å². The molecule has 2 aromatic heterocycles. The number of aryl methyl sites for hydroxylation is 3. The zero-order chi connectivity index (χ0) is 18.4. The van der Waals surface area contributed by atoms with Gasteiger partial charge >= 0.3 is 0 Å². The van der Waals surface area contributed by atoms with Crippen molar-refractivity contribution >= 4 is 16.8 Å². The summed E-state index contributed by atoms with van der Waals surface area (Å²) in [5, 5.41) is 18.2. The van der Waals surface area contributed by atoms with Crippen molar-refractivity contribution in [3.8, 4) is 0 Å². The first-order chi connectivity index (χ1) is 12.4. The highest BCUT2D eigenvalue weighted by atomic mass is 16.3. The summed E-state index contributed by atoms with van der Waals surface area (Å²) in [5.41, 5.74) is 4.74. The molecule has 1 aromatic carbocycles. The van der Waals surface area contributed by atoms with E-state index in [1.165, 1.54) is 5.56 Å². The smallest absolute Gasteiger partial charge is 0.253 e. The van der Waals surface area contributed by atoms with E-state index in [1.807, 2.05) is 38.4 Å². The molecule has 0 aliphatic heterocycles. The number of benzene rings is 1. The molecule has 26 heavy (non-hydrogen) atoms. The number of nitrogens with zero attached hydrogens (tertiary/aromatic N) is 2. The molecule has 2 heterocycles. The Hall–Kier alpha value is -2.60. The van der Waals surface area contributed by atoms with E-state index in [2.05, 4.69) is 22.3 Å². The fourth-order valence-electron chi connectivity index (χ4n) is 3.87. The number of fused-ring (bicyclic) bond motifs is 1. The first-order valence-corrected chi connectivity index (χ1v) is 8.99. The van der Waals surface area contributed by atoms with Gasteiger partial charge in [0.2, 0.25) is 0 Å². The van der Waals surface area contributed by atoms with Crippen molar-refractivity contribution in [2.24, 2.45) is 13.0 Å². The summed E-state index contributed by atoms with van der Waals surface area (Å²) in [5.74, 6) is 0.122. The zero-order valence-electron chi connectivity index (χ0n) is 15.3. The molecule has 1 amide bonds. The van der Waals surface area contributed by atoms with Gasteiger partial charge in [0.15, 0.2) is 0 Å². The molecule has 1 fully saturated rings. The SMILES string of the molecule is Cc1[nH]c2c(C(=O)NC(c3cnn(C)c3)C3CC(O)C3)cccc2c1C. The molecule has 4 rings (SSSR count). The van der Waals surface area contributed by atoms with Gasteiger partial charge in [0.25, 0.3) is 5.91 Å². The predicted molar refractivity (Wildman–Crippen MR) is 99.9 cm³/mol. The molecule has 3 aromatic rings. The van der Waals surface area contributed by atoms with Crippen molar-refractivity contribution in [2.45, 2.75) is 38.8 Å². The van der Waals surface area contributed by atoms with Crippen molar-refractivity contribution in [2.75, 3.05) is 0 Å². The Morgan fingerprint density at radius 1 is 1.38 bits per heavy atom. The lowest BCUT2D eigenvalue weighted by molar-refractivity contribution is 0.0235. The van der Waals surface area contributed by atoms with Gasteiger partial charge in [-0.2, -0.15) is 5.10 Å². The maximum Gasteiger partial charge on any atom is 0.253 e. The fourth-order valence-corrected chi connectivity index (χ4v) is 3.87. The quantitative estimate of drug-likeness (QED) is 0.675. The van der Waals surface area contributed by atoms with Gasteiger partial charge in [-0.15, -0.1) is 0 Å². The molecule has 0 radical (unpaired) electrons. The summed E-state index contributed by atoms with van der Waals surface area (Å²) in [6.07, 6.45) is 4.85. The summed E-state index contributed by atoms with van der Waals surface area (Å²) in [7, 11) is 1.86. The lowest BCUT2D eigenvalue weighted by Crippen LogP contribution is -2.41. The highest BCUT2D eigenvalue weighted by molar-refractivity contribution is 6.06. The fraction of sp³-hybridized carbons (Fsp3) is 0.400. The van der Waals surface area contributed by atoms with Crippen LogP contribution < -0.4 is 5.32 Å². The Balaban J connectivity index is 1.66. The van der Waals surface area contributed by atoms with Crippen LogP contribution in [0.15, 0.2) is 30.6 Å². The minimum Gasteiger partial charge on any atom is -0.393 e. The van der Waals surface area contributed by atoms with Crippen LogP contribution in [0.25, 0.3) is 10.9 Å². The third-order valence-electron chi connectivity index (χ3n) is 5.58. The topological polar surface area (TPSA) is 82.9 Å². The lowest BCUT2D eigenvalue weighted by Gasteiger charge is -2.37. The second kappa shape index (κ2) is 6.29. The predicted octanol–water partition coefficient (Wildman–Crippen LogP) is 2.76. The average Bonchev–Trinajstić information content (AvgIpc) is 3.14. The van der Waals surface area contributed by atoms with Gasteiger partial charge in [0.05, 0.1) is 29.4 Å². The first-order valence-electron chi connectivity index (χ1n) is 8.99. The maximum atomic E-state index is 13.1. The second-order valence-electron chi connectivity index (χ2n) is 7.39. The summed E-state index contributed by atoms with van der Waals surface area (Å²) >= 11 is 0. The molecule has 1 atom stereocenters. The van der Waals surface area contributed by atoms with Crippen LogP contribution in [0.2, 0.25) is 0 Å². The zero-order valence-corrected chi connectivity index (χ0v) is 15.3. The molecule has 1 saturated carbocycles. The minimum absolute atomic E-state index is 0.105. The van der Waals surface area contributed by atoms with E-state index < -0.39 is 0 Å². The Morgan fingerprint density at radius 3 is 2.81 bits per heavy atom. The number of carbonyl (C=O) groups is 1. The minimum atomic E-state index is -0.270. The molecule has 0 bridgehead atoms. The van der Waals surface area contributed by atoms with Gasteiger partial charge in [0.1, 0.15) is 0 Å². The summed E-state index contributed by atoms with van der Waals surface area (Å²) in [6, 6.07) is 5.66. The number of amides is 1. The molecule has 1 unspecified atom stereocenters. The molecular weight excluding hydrogens is 328 g/mol. The van der Waals surface area contributed by atoms with Crippen molar-refractivity contribution in [1.82, 2.24) is 20.1 Å². The number of para-hydroxylation sites is 1. The number of rotatable bonds is 4. The van der Waals surface area contributed by atoms with Gasteiger partial charge in [-0.25, -0.2) is 0 Å². The van der Waals surface area contributed by atoms with Crippen LogP contribution in [0.5, 0.6) is 0 Å². The largest absolute Gasteiger partial charge is 0.393 e. The number of nitrogens with one attached hydrogen (secondary N) is 2. The van der Waals surface area contributed by atoms with Crippen LogP contribution in [0.1, 0.15) is 46.1 Å². The Bertz CT molecular complexity index is 966. The number of carbonyl (C=O) groups excluding carboxylic acids is 1. The number of hydrogen-bond donors (Lipinski definition) is 3. The molecule has 6 heteroatoms. The van der Waals surface area contributed by atoms with Gasteiger partial charge in [-0.1, -0.05) is 12.1 Å². The molecular formula is C20H24N4O2.